The van der Waals surface area contributed by atoms with Crippen molar-refractivity contribution in [2.45, 2.75) is 37.8 Å². The van der Waals surface area contributed by atoms with Gasteiger partial charge in [-0.15, -0.1) is 0 Å². The van der Waals surface area contributed by atoms with E-state index in [4.69, 9.17) is 10.3 Å². The summed E-state index contributed by atoms with van der Waals surface area (Å²) in [7, 11) is 2.32. The van der Waals surface area contributed by atoms with E-state index in [9.17, 15) is 0 Å². The number of nitrogens with two attached hydrogens (primary N) is 1. The van der Waals surface area contributed by atoms with Crippen molar-refractivity contribution in [2.24, 2.45) is 5.73 Å². The summed E-state index contributed by atoms with van der Waals surface area (Å²) in [6.45, 7) is 0. The molecule has 2 N–H and O–H groups in total. The van der Waals surface area contributed by atoms with Crippen molar-refractivity contribution in [2.75, 3.05) is 0 Å². The normalized spacial score (nSPS) is 36.7. The molecule has 0 aliphatic heterocycles. The lowest BCUT2D eigenvalue weighted by atomic mass is 9.94. The topological polar surface area (TPSA) is 35.2 Å². The van der Waals surface area contributed by atoms with Gasteiger partial charge in [0, 0.05) is 15.5 Å². The van der Waals surface area contributed by atoms with Crippen LogP contribution in [0, 0.1) is 0 Å². The Labute approximate surface area is 58.4 Å². The van der Waals surface area contributed by atoms with Gasteiger partial charge in [-0.2, -0.15) is 0 Å². The highest BCUT2D eigenvalue weighted by Crippen LogP contribution is 2.20. The van der Waals surface area contributed by atoms with Crippen LogP contribution in [0.15, 0.2) is 0 Å². The average molecular weight is 147 g/mol. The van der Waals surface area contributed by atoms with Crippen LogP contribution >= 0.6 is 9.47 Å². The van der Waals surface area contributed by atoms with Crippen molar-refractivity contribution < 1.29 is 4.52 Å². The van der Waals surface area contributed by atoms with Gasteiger partial charge in [0.15, 0.2) is 0 Å². The Morgan fingerprint density at radius 3 is 2.22 bits per heavy atom. The van der Waals surface area contributed by atoms with Crippen molar-refractivity contribution >= 4 is 9.47 Å². The fraction of sp³-hybridized carbons (Fsp3) is 1.00. The monoisotopic (exact) mass is 147 g/mol. The van der Waals surface area contributed by atoms with Crippen molar-refractivity contribution in [3.05, 3.63) is 0 Å². The zero-order chi connectivity index (χ0) is 6.69. The Morgan fingerprint density at radius 1 is 1.22 bits per heavy atom. The molecule has 1 aliphatic rings. The lowest BCUT2D eigenvalue weighted by Crippen LogP contribution is -2.28. The van der Waals surface area contributed by atoms with Crippen molar-refractivity contribution in [3.8, 4) is 0 Å². The molecule has 1 saturated carbocycles. The lowest BCUT2D eigenvalue weighted by Gasteiger charge is -2.24. The quantitative estimate of drug-likeness (QED) is 0.563. The highest BCUT2D eigenvalue weighted by Gasteiger charge is 2.17. The molecule has 1 fully saturated rings. The molecule has 0 aromatic rings. The summed E-state index contributed by atoms with van der Waals surface area (Å²) in [5.41, 5.74) is 5.69. The standard InChI is InChI=1S/C6H14NOP/c7-5-1-3-6(8-9)4-2-5/h5-6H,1-4,7,9H2. The van der Waals surface area contributed by atoms with Crippen LogP contribution in [0.5, 0.6) is 0 Å². The molecule has 1 rings (SSSR count). The molecule has 0 heterocycles. The van der Waals surface area contributed by atoms with Crippen LogP contribution in [0.1, 0.15) is 25.7 Å². The van der Waals surface area contributed by atoms with Crippen LogP contribution in [0.4, 0.5) is 0 Å². The average Bonchev–Trinajstić information content (AvgIpc) is 1.90. The largest absolute Gasteiger partial charge is 0.362 e. The van der Waals surface area contributed by atoms with E-state index in [1.54, 1.807) is 0 Å². The van der Waals surface area contributed by atoms with E-state index in [2.05, 4.69) is 9.47 Å². The molecular formula is C6H14NOP. The maximum atomic E-state index is 5.69. The van der Waals surface area contributed by atoms with Crippen LogP contribution in [-0.2, 0) is 4.52 Å². The van der Waals surface area contributed by atoms with Gasteiger partial charge < -0.3 is 10.3 Å². The fourth-order valence-corrected chi connectivity index (χ4v) is 1.50. The second kappa shape index (κ2) is 3.50. The first kappa shape index (κ1) is 7.46. The minimum atomic E-state index is 0.432. The Bertz CT molecular complexity index is 81.1. The second-order valence-electron chi connectivity index (χ2n) is 2.67. The van der Waals surface area contributed by atoms with Gasteiger partial charge in [-0.05, 0) is 25.7 Å². The third-order valence-electron chi connectivity index (χ3n) is 1.91. The summed E-state index contributed by atoms with van der Waals surface area (Å²) in [4.78, 5) is 0. The predicted molar refractivity (Wildman–Crippen MR) is 41.0 cm³/mol. The minimum absolute atomic E-state index is 0.432. The summed E-state index contributed by atoms with van der Waals surface area (Å²) in [6, 6.07) is 0.432. The summed E-state index contributed by atoms with van der Waals surface area (Å²) in [6.07, 6.45) is 4.96. The molecule has 0 aromatic carbocycles. The Balaban J connectivity index is 2.18. The molecule has 0 saturated heterocycles. The van der Waals surface area contributed by atoms with Crippen molar-refractivity contribution in [1.29, 1.82) is 0 Å². The van der Waals surface area contributed by atoms with Gasteiger partial charge in [-0.25, -0.2) is 0 Å². The van der Waals surface area contributed by atoms with Gasteiger partial charge in [0.25, 0.3) is 0 Å². The molecule has 0 radical (unpaired) electrons. The SMILES string of the molecule is NC1CCC(OP)CC1. The number of rotatable bonds is 1. The summed E-state index contributed by atoms with van der Waals surface area (Å²) >= 11 is 0. The van der Waals surface area contributed by atoms with Crippen LogP contribution in [0.2, 0.25) is 0 Å². The first-order valence-electron chi connectivity index (χ1n) is 3.44. The summed E-state index contributed by atoms with van der Waals surface area (Å²) < 4.78 is 5.10. The summed E-state index contributed by atoms with van der Waals surface area (Å²) in [5, 5.41) is 0. The molecule has 3 heteroatoms. The number of hydrogen-bond acceptors (Lipinski definition) is 2. The van der Waals surface area contributed by atoms with Crippen LogP contribution in [0.25, 0.3) is 0 Å². The minimum Gasteiger partial charge on any atom is -0.362 e. The first-order valence-corrected chi connectivity index (χ1v) is 3.91. The second-order valence-corrected chi connectivity index (χ2v) is 2.95. The Morgan fingerprint density at radius 2 is 1.78 bits per heavy atom. The van der Waals surface area contributed by atoms with E-state index >= 15 is 0 Å². The molecule has 0 aromatic heterocycles. The Kier molecular flexibility index (Phi) is 2.90. The predicted octanol–water partition coefficient (Wildman–Crippen LogP) is 1.06. The zero-order valence-electron chi connectivity index (χ0n) is 5.55. The van der Waals surface area contributed by atoms with Gasteiger partial charge in [0.05, 0.1) is 6.10 Å². The van der Waals surface area contributed by atoms with Crippen LogP contribution in [0.3, 0.4) is 0 Å². The summed E-state index contributed by atoms with van der Waals surface area (Å²) in [5.74, 6) is 0. The van der Waals surface area contributed by atoms with E-state index in [1.807, 2.05) is 0 Å². The Hall–Kier alpha value is 0.350. The zero-order valence-corrected chi connectivity index (χ0v) is 6.70. The van der Waals surface area contributed by atoms with Gasteiger partial charge in [0.1, 0.15) is 0 Å². The van der Waals surface area contributed by atoms with Gasteiger partial charge in [-0.1, -0.05) is 0 Å². The van der Waals surface area contributed by atoms with E-state index in [1.165, 1.54) is 0 Å². The van der Waals surface area contributed by atoms with E-state index < -0.39 is 0 Å². The van der Waals surface area contributed by atoms with Crippen molar-refractivity contribution in [1.82, 2.24) is 0 Å². The lowest BCUT2D eigenvalue weighted by molar-refractivity contribution is 0.173. The third kappa shape index (κ3) is 2.21. The molecule has 1 unspecified atom stereocenters. The van der Waals surface area contributed by atoms with E-state index in [0.717, 1.165) is 25.7 Å². The molecular weight excluding hydrogens is 133 g/mol. The third-order valence-corrected chi connectivity index (χ3v) is 2.30. The number of hydrogen-bond donors (Lipinski definition) is 1. The maximum absolute atomic E-state index is 5.69. The molecule has 0 spiro atoms. The van der Waals surface area contributed by atoms with Crippen molar-refractivity contribution in [3.63, 3.8) is 0 Å². The van der Waals surface area contributed by atoms with E-state index in [0.29, 0.717) is 12.1 Å². The molecule has 0 amide bonds. The maximum Gasteiger partial charge on any atom is 0.0612 e. The first-order chi connectivity index (χ1) is 4.33. The van der Waals surface area contributed by atoms with Crippen LogP contribution in [-0.4, -0.2) is 12.1 Å². The fourth-order valence-electron chi connectivity index (χ4n) is 1.22. The molecule has 2 nitrogen and oxygen atoms in total. The molecule has 9 heavy (non-hydrogen) atoms. The smallest absolute Gasteiger partial charge is 0.0612 e. The van der Waals surface area contributed by atoms with Crippen LogP contribution < -0.4 is 5.73 Å². The van der Waals surface area contributed by atoms with Gasteiger partial charge in [0.2, 0.25) is 0 Å². The van der Waals surface area contributed by atoms with Gasteiger partial charge in [-0.3, -0.25) is 0 Å². The van der Waals surface area contributed by atoms with E-state index in [-0.39, 0.29) is 0 Å². The molecule has 54 valence electrons. The van der Waals surface area contributed by atoms with Gasteiger partial charge >= 0.3 is 0 Å². The highest BCUT2D eigenvalue weighted by atomic mass is 31.0. The molecule has 1 atom stereocenters. The highest BCUT2D eigenvalue weighted by molar-refractivity contribution is 7.09. The molecule has 1 aliphatic carbocycles. The molecule has 0 bridgehead atoms.